The third-order valence-corrected chi connectivity index (χ3v) is 5.07. The van der Waals surface area contributed by atoms with Gasteiger partial charge in [0.05, 0.1) is 6.20 Å². The van der Waals surface area contributed by atoms with Crippen molar-refractivity contribution in [2.75, 3.05) is 18.0 Å². The molecular formula is C22H24N6O2. The van der Waals surface area contributed by atoms with Crippen molar-refractivity contribution in [2.45, 2.75) is 32.4 Å². The van der Waals surface area contributed by atoms with Gasteiger partial charge in [0.2, 0.25) is 0 Å². The number of rotatable bonds is 6. The molecule has 154 valence electrons. The number of aromatic nitrogens is 4. The molecular weight excluding hydrogens is 380 g/mol. The summed E-state index contributed by atoms with van der Waals surface area (Å²) in [6.45, 7) is 4.04. The summed E-state index contributed by atoms with van der Waals surface area (Å²) in [5, 5.41) is 11.4. The predicted octanol–water partition coefficient (Wildman–Crippen LogP) is 2.55. The Balaban J connectivity index is 1.32. The molecule has 0 atom stereocenters. The van der Waals surface area contributed by atoms with Crippen LogP contribution < -0.4 is 15.0 Å². The van der Waals surface area contributed by atoms with Crippen LogP contribution in [-0.2, 0) is 6.54 Å². The van der Waals surface area contributed by atoms with Crippen molar-refractivity contribution in [3.63, 3.8) is 0 Å². The van der Waals surface area contributed by atoms with Crippen molar-refractivity contribution in [3.05, 3.63) is 71.9 Å². The number of amides is 1. The van der Waals surface area contributed by atoms with E-state index in [2.05, 4.69) is 30.4 Å². The summed E-state index contributed by atoms with van der Waals surface area (Å²) in [5.74, 6) is 1.38. The predicted molar refractivity (Wildman–Crippen MR) is 112 cm³/mol. The first-order chi connectivity index (χ1) is 14.7. The smallest absolute Gasteiger partial charge is 0.272 e. The average Bonchev–Trinajstić information content (AvgIpc) is 2.79. The number of aryl methyl sites for hydroxylation is 1. The minimum atomic E-state index is -0.238. The Morgan fingerprint density at radius 2 is 1.93 bits per heavy atom. The molecule has 4 rings (SSSR count). The van der Waals surface area contributed by atoms with E-state index in [4.69, 9.17) is 4.74 Å². The lowest BCUT2D eigenvalue weighted by Gasteiger charge is -2.33. The standard InChI is InChI=1S/C22H24N6O2/c1-16-13-20(22(29)25-14-17-4-9-23-10-5-17)26-27-21(16)28-11-6-18(7-12-28)30-19-3-2-8-24-15-19/h2-5,8-10,13,15,18H,6-7,11-12,14H2,1H3,(H,25,29). The minimum Gasteiger partial charge on any atom is -0.489 e. The number of pyridine rings is 2. The lowest BCUT2D eigenvalue weighted by atomic mass is 10.1. The normalized spacial score (nSPS) is 14.4. The van der Waals surface area contributed by atoms with Crippen LogP contribution in [-0.4, -0.2) is 45.3 Å². The molecule has 0 spiro atoms. The SMILES string of the molecule is Cc1cc(C(=O)NCc2ccncc2)nnc1N1CCC(Oc2cccnc2)CC1. The lowest BCUT2D eigenvalue weighted by molar-refractivity contribution is 0.0945. The molecule has 30 heavy (non-hydrogen) atoms. The van der Waals surface area contributed by atoms with E-state index in [0.29, 0.717) is 12.2 Å². The number of hydrogen-bond donors (Lipinski definition) is 1. The highest BCUT2D eigenvalue weighted by Crippen LogP contribution is 2.23. The molecule has 1 fully saturated rings. The zero-order valence-corrected chi connectivity index (χ0v) is 16.9. The first-order valence-electron chi connectivity index (χ1n) is 10.0. The number of carbonyl (C=O) groups is 1. The van der Waals surface area contributed by atoms with Crippen molar-refractivity contribution in [3.8, 4) is 5.75 Å². The molecule has 0 saturated carbocycles. The van der Waals surface area contributed by atoms with Crippen LogP contribution in [0.4, 0.5) is 5.82 Å². The van der Waals surface area contributed by atoms with Crippen LogP contribution in [0.1, 0.15) is 34.5 Å². The van der Waals surface area contributed by atoms with Crippen LogP contribution in [0.25, 0.3) is 0 Å². The Labute approximate surface area is 175 Å². The molecule has 3 aromatic rings. The van der Waals surface area contributed by atoms with Gasteiger partial charge >= 0.3 is 0 Å². The third-order valence-electron chi connectivity index (χ3n) is 5.07. The van der Waals surface area contributed by atoms with Gasteiger partial charge in [-0.3, -0.25) is 14.8 Å². The number of ether oxygens (including phenoxy) is 1. The van der Waals surface area contributed by atoms with Crippen molar-refractivity contribution in [2.24, 2.45) is 0 Å². The van der Waals surface area contributed by atoms with Crippen LogP contribution in [0.3, 0.4) is 0 Å². The van der Waals surface area contributed by atoms with Crippen LogP contribution in [0.2, 0.25) is 0 Å². The molecule has 0 radical (unpaired) electrons. The summed E-state index contributed by atoms with van der Waals surface area (Å²) in [7, 11) is 0. The molecule has 4 heterocycles. The Morgan fingerprint density at radius 3 is 2.63 bits per heavy atom. The summed E-state index contributed by atoms with van der Waals surface area (Å²) < 4.78 is 6.00. The fourth-order valence-electron chi connectivity index (χ4n) is 3.47. The Morgan fingerprint density at radius 1 is 1.13 bits per heavy atom. The van der Waals surface area contributed by atoms with Crippen LogP contribution >= 0.6 is 0 Å². The maximum atomic E-state index is 12.4. The fraction of sp³-hybridized carbons (Fsp3) is 0.318. The molecule has 0 aliphatic carbocycles. The summed E-state index contributed by atoms with van der Waals surface area (Å²) in [5.41, 5.74) is 2.24. The molecule has 1 amide bonds. The van der Waals surface area contributed by atoms with Gasteiger partial charge in [-0.2, -0.15) is 0 Å². The number of hydrogen-bond acceptors (Lipinski definition) is 7. The summed E-state index contributed by atoms with van der Waals surface area (Å²) in [4.78, 5) is 22.7. The van der Waals surface area contributed by atoms with Crippen molar-refractivity contribution in [1.29, 1.82) is 0 Å². The van der Waals surface area contributed by atoms with E-state index in [1.165, 1.54) is 0 Å². The van der Waals surface area contributed by atoms with Gasteiger partial charge in [0, 0.05) is 51.1 Å². The average molecular weight is 404 g/mol. The zero-order chi connectivity index (χ0) is 20.8. The first kappa shape index (κ1) is 19.8. The first-order valence-corrected chi connectivity index (χ1v) is 10.0. The molecule has 8 heteroatoms. The Kier molecular flexibility index (Phi) is 6.12. The highest BCUT2D eigenvalue weighted by atomic mass is 16.5. The van der Waals surface area contributed by atoms with Crippen LogP contribution in [0.15, 0.2) is 55.1 Å². The maximum absolute atomic E-state index is 12.4. The van der Waals surface area contributed by atoms with Crippen molar-refractivity contribution >= 4 is 11.7 Å². The van der Waals surface area contributed by atoms with E-state index in [-0.39, 0.29) is 12.0 Å². The highest BCUT2D eigenvalue weighted by molar-refractivity contribution is 5.92. The molecule has 1 saturated heterocycles. The van der Waals surface area contributed by atoms with Gasteiger partial charge < -0.3 is 15.0 Å². The topological polar surface area (TPSA) is 93.1 Å². The van der Waals surface area contributed by atoms with Gasteiger partial charge in [-0.15, -0.1) is 10.2 Å². The van der Waals surface area contributed by atoms with E-state index in [0.717, 1.165) is 48.6 Å². The number of nitrogens with zero attached hydrogens (tertiary/aromatic N) is 5. The zero-order valence-electron chi connectivity index (χ0n) is 16.9. The minimum absolute atomic E-state index is 0.164. The summed E-state index contributed by atoms with van der Waals surface area (Å²) >= 11 is 0. The number of piperidine rings is 1. The van der Waals surface area contributed by atoms with Gasteiger partial charge in [-0.1, -0.05) is 0 Å². The van der Waals surface area contributed by atoms with E-state index in [1.807, 2.05) is 31.2 Å². The fourth-order valence-corrected chi connectivity index (χ4v) is 3.47. The quantitative estimate of drug-likeness (QED) is 0.675. The molecule has 3 aromatic heterocycles. The van der Waals surface area contributed by atoms with Gasteiger partial charge in [-0.05, 0) is 48.4 Å². The third kappa shape index (κ3) is 4.89. The Hall–Kier alpha value is -3.55. The van der Waals surface area contributed by atoms with E-state index in [9.17, 15) is 4.79 Å². The summed E-state index contributed by atoms with van der Waals surface area (Å²) in [6, 6.07) is 9.32. The van der Waals surface area contributed by atoms with Crippen molar-refractivity contribution in [1.82, 2.24) is 25.5 Å². The molecule has 0 unspecified atom stereocenters. The second kappa shape index (κ2) is 9.30. The molecule has 1 aliphatic rings. The second-order valence-corrected chi connectivity index (χ2v) is 7.27. The van der Waals surface area contributed by atoms with Gasteiger partial charge in [0.15, 0.2) is 11.5 Å². The van der Waals surface area contributed by atoms with Crippen LogP contribution in [0, 0.1) is 6.92 Å². The van der Waals surface area contributed by atoms with E-state index >= 15 is 0 Å². The number of carbonyl (C=O) groups excluding carboxylic acids is 1. The van der Waals surface area contributed by atoms with Gasteiger partial charge in [0.25, 0.3) is 5.91 Å². The molecule has 0 bridgehead atoms. The molecule has 8 nitrogen and oxygen atoms in total. The summed E-state index contributed by atoms with van der Waals surface area (Å²) in [6.07, 6.45) is 8.82. The number of anilines is 1. The molecule has 1 N–H and O–H groups in total. The molecule has 1 aliphatic heterocycles. The second-order valence-electron chi connectivity index (χ2n) is 7.27. The van der Waals surface area contributed by atoms with E-state index in [1.54, 1.807) is 30.9 Å². The molecule has 0 aromatic carbocycles. The number of nitrogens with one attached hydrogen (secondary N) is 1. The largest absolute Gasteiger partial charge is 0.489 e. The Bertz CT molecular complexity index is 975. The van der Waals surface area contributed by atoms with Crippen LogP contribution in [0.5, 0.6) is 5.75 Å². The van der Waals surface area contributed by atoms with E-state index < -0.39 is 0 Å². The monoisotopic (exact) mass is 404 g/mol. The van der Waals surface area contributed by atoms with Gasteiger partial charge in [-0.25, -0.2) is 0 Å². The maximum Gasteiger partial charge on any atom is 0.272 e. The van der Waals surface area contributed by atoms with Gasteiger partial charge in [0.1, 0.15) is 11.9 Å². The lowest BCUT2D eigenvalue weighted by Crippen LogP contribution is -2.39. The van der Waals surface area contributed by atoms with Crippen molar-refractivity contribution < 1.29 is 9.53 Å². The highest BCUT2D eigenvalue weighted by Gasteiger charge is 2.23.